The quantitative estimate of drug-likeness (QED) is 0.340. The molecule has 0 aliphatic heterocycles. The third-order valence-electron chi connectivity index (χ3n) is 16.9. The molecular formula is C38H54O4. The van der Waals surface area contributed by atoms with Crippen molar-refractivity contribution in [1.82, 2.24) is 0 Å². The lowest BCUT2D eigenvalue weighted by Gasteiger charge is -2.64. The van der Waals surface area contributed by atoms with Gasteiger partial charge in [0.1, 0.15) is 0 Å². The van der Waals surface area contributed by atoms with Gasteiger partial charge in [-0.25, -0.2) is 0 Å². The highest BCUT2D eigenvalue weighted by atomic mass is 16.4. The van der Waals surface area contributed by atoms with Crippen molar-refractivity contribution in [2.45, 2.75) is 142 Å². The molecule has 6 saturated carbocycles. The van der Waals surface area contributed by atoms with Crippen molar-refractivity contribution in [2.24, 2.45) is 57.2 Å². The standard InChI is InChI=1S/C38H54O4/c1-33-15-9-25(39)21-23(33)5-7-27-29(33)11-17-35(3)31(27)13-19-37(35,41)38(42)20-14-32-28-8-6-24-22-26(40)10-16-34(24,2)30(28)12-18-36(32,38)4/h21-22,27-32,41-42H,5-20H2,1-4H3/t27-,28+,29+,30-,31-,32-,33+,34-,35-,36-,37-,38+/m0/s1. The highest BCUT2D eigenvalue weighted by Crippen LogP contribution is 2.75. The Balaban J connectivity index is 1.10. The van der Waals surface area contributed by atoms with Gasteiger partial charge in [0, 0.05) is 23.7 Å². The zero-order valence-electron chi connectivity index (χ0n) is 26.6. The molecule has 4 nitrogen and oxygen atoms in total. The molecule has 0 amide bonds. The number of carbonyl (C=O) groups is 2. The second-order valence-electron chi connectivity index (χ2n) is 17.6. The van der Waals surface area contributed by atoms with E-state index >= 15 is 0 Å². The summed E-state index contributed by atoms with van der Waals surface area (Å²) in [6.45, 7) is 9.62. The lowest BCUT2D eigenvalue weighted by Crippen LogP contribution is -2.69. The Morgan fingerprint density at radius 3 is 1.31 bits per heavy atom. The summed E-state index contributed by atoms with van der Waals surface area (Å²) in [7, 11) is 0. The molecule has 0 saturated heterocycles. The molecule has 0 bridgehead atoms. The molecule has 0 unspecified atom stereocenters. The predicted molar refractivity (Wildman–Crippen MR) is 163 cm³/mol. The molecule has 42 heavy (non-hydrogen) atoms. The fraction of sp³-hybridized carbons (Fsp3) is 0.842. The highest BCUT2D eigenvalue weighted by molar-refractivity contribution is 5.92. The molecule has 2 N–H and O–H groups in total. The van der Waals surface area contributed by atoms with Gasteiger partial charge in [-0.05, 0) is 148 Å². The van der Waals surface area contributed by atoms with Gasteiger partial charge in [0.2, 0.25) is 0 Å². The van der Waals surface area contributed by atoms with Crippen LogP contribution in [-0.2, 0) is 9.59 Å². The SMILES string of the molecule is C[C@]12CCC(=O)C=C1CC[C@@H]1[C@@H]2CC[C@@]2(C)[C@H]1CC[C@]2(O)[C@]1(O)CC[C@H]2[C@H]3CCC4=CC(=O)CC[C@@]4(C)[C@@H]3CC[C@@]21C. The Kier molecular flexibility index (Phi) is 5.86. The minimum atomic E-state index is -1.05. The first-order chi connectivity index (χ1) is 19.8. The maximum absolute atomic E-state index is 13.1. The van der Waals surface area contributed by atoms with Crippen molar-refractivity contribution in [1.29, 1.82) is 0 Å². The molecule has 0 aromatic carbocycles. The lowest BCUT2D eigenvalue weighted by molar-refractivity contribution is -0.269. The van der Waals surface area contributed by atoms with Gasteiger partial charge in [-0.2, -0.15) is 0 Å². The van der Waals surface area contributed by atoms with E-state index in [-0.39, 0.29) is 21.7 Å². The molecule has 0 spiro atoms. The lowest BCUT2D eigenvalue weighted by atomic mass is 9.42. The molecule has 12 atom stereocenters. The molecule has 8 aliphatic rings. The van der Waals surface area contributed by atoms with Gasteiger partial charge in [0.15, 0.2) is 11.6 Å². The van der Waals surface area contributed by atoms with Crippen molar-refractivity contribution in [3.05, 3.63) is 23.3 Å². The maximum Gasteiger partial charge on any atom is 0.155 e. The van der Waals surface area contributed by atoms with Crippen LogP contribution in [0.3, 0.4) is 0 Å². The molecule has 8 aliphatic carbocycles. The molecule has 8 rings (SSSR count). The number of hydrogen-bond acceptors (Lipinski definition) is 4. The number of aliphatic hydroxyl groups is 2. The fourth-order valence-electron chi connectivity index (χ4n) is 14.5. The van der Waals surface area contributed by atoms with Crippen LogP contribution in [0.5, 0.6) is 0 Å². The molecule has 6 fully saturated rings. The van der Waals surface area contributed by atoms with Crippen molar-refractivity contribution in [2.75, 3.05) is 0 Å². The van der Waals surface area contributed by atoms with E-state index in [4.69, 9.17) is 0 Å². The minimum Gasteiger partial charge on any atom is -0.386 e. The number of ketones is 2. The van der Waals surface area contributed by atoms with E-state index in [1.165, 1.54) is 11.1 Å². The summed E-state index contributed by atoms with van der Waals surface area (Å²) in [6, 6.07) is 0. The van der Waals surface area contributed by atoms with Crippen LogP contribution in [0.25, 0.3) is 0 Å². The monoisotopic (exact) mass is 574 g/mol. The molecular weight excluding hydrogens is 520 g/mol. The van der Waals surface area contributed by atoms with E-state index in [2.05, 4.69) is 27.7 Å². The Bertz CT molecular complexity index is 1200. The zero-order chi connectivity index (χ0) is 29.5. The second kappa shape index (κ2) is 8.71. The van der Waals surface area contributed by atoms with Crippen molar-refractivity contribution in [3.8, 4) is 0 Å². The van der Waals surface area contributed by atoms with Crippen LogP contribution in [0, 0.1) is 57.2 Å². The highest BCUT2D eigenvalue weighted by Gasteiger charge is 2.76. The molecule has 4 heteroatoms. The first-order valence-electron chi connectivity index (χ1n) is 17.7. The van der Waals surface area contributed by atoms with Crippen molar-refractivity contribution in [3.63, 3.8) is 0 Å². The van der Waals surface area contributed by atoms with Crippen LogP contribution >= 0.6 is 0 Å². The number of allylic oxidation sites excluding steroid dienone is 2. The van der Waals surface area contributed by atoms with Crippen LogP contribution < -0.4 is 0 Å². The average molecular weight is 575 g/mol. The normalized spacial score (nSPS) is 56.7. The van der Waals surface area contributed by atoms with Crippen LogP contribution in [0.15, 0.2) is 23.3 Å². The van der Waals surface area contributed by atoms with E-state index in [1.54, 1.807) is 0 Å². The van der Waals surface area contributed by atoms with Gasteiger partial charge in [-0.1, -0.05) is 38.8 Å². The minimum absolute atomic E-state index is 0.132. The van der Waals surface area contributed by atoms with Crippen LogP contribution in [0.4, 0.5) is 0 Å². The summed E-state index contributed by atoms with van der Waals surface area (Å²) in [4.78, 5) is 24.6. The van der Waals surface area contributed by atoms with E-state index < -0.39 is 11.2 Å². The summed E-state index contributed by atoms with van der Waals surface area (Å²) in [5, 5.41) is 26.3. The molecule has 230 valence electrons. The Morgan fingerprint density at radius 2 is 0.905 bits per heavy atom. The van der Waals surface area contributed by atoms with E-state index in [0.29, 0.717) is 59.9 Å². The summed E-state index contributed by atoms with van der Waals surface area (Å²) in [5.41, 5.74) is 0.438. The van der Waals surface area contributed by atoms with Crippen molar-refractivity contribution < 1.29 is 19.8 Å². The van der Waals surface area contributed by atoms with E-state index in [1.807, 2.05) is 12.2 Å². The maximum atomic E-state index is 13.1. The van der Waals surface area contributed by atoms with Gasteiger partial charge < -0.3 is 10.2 Å². The first-order valence-corrected chi connectivity index (χ1v) is 17.7. The van der Waals surface area contributed by atoms with Gasteiger partial charge in [0.25, 0.3) is 0 Å². The van der Waals surface area contributed by atoms with Gasteiger partial charge in [-0.15, -0.1) is 0 Å². The Hall–Kier alpha value is -1.26. The van der Waals surface area contributed by atoms with E-state index in [0.717, 1.165) is 89.9 Å². The van der Waals surface area contributed by atoms with Gasteiger partial charge in [-0.3, -0.25) is 9.59 Å². The molecule has 0 aromatic rings. The summed E-state index contributed by atoms with van der Waals surface area (Å²) < 4.78 is 0. The molecule has 0 radical (unpaired) electrons. The summed E-state index contributed by atoms with van der Waals surface area (Å²) >= 11 is 0. The number of hydrogen-bond donors (Lipinski definition) is 2. The van der Waals surface area contributed by atoms with Crippen molar-refractivity contribution >= 4 is 11.6 Å². The van der Waals surface area contributed by atoms with Crippen LogP contribution in [0.1, 0.15) is 130 Å². The first kappa shape index (κ1) is 28.2. The third kappa shape index (κ3) is 3.18. The topological polar surface area (TPSA) is 74.6 Å². The van der Waals surface area contributed by atoms with Gasteiger partial charge in [0.05, 0.1) is 11.2 Å². The van der Waals surface area contributed by atoms with Crippen LogP contribution in [-0.4, -0.2) is 33.0 Å². The number of carbonyl (C=O) groups excluding carboxylic acids is 2. The molecule has 0 aromatic heterocycles. The fourth-order valence-corrected chi connectivity index (χ4v) is 14.5. The third-order valence-corrected chi connectivity index (χ3v) is 16.9. The Labute approximate surface area is 253 Å². The smallest absolute Gasteiger partial charge is 0.155 e. The average Bonchev–Trinajstić information content (AvgIpc) is 3.40. The summed E-state index contributed by atoms with van der Waals surface area (Å²) in [6.07, 6.45) is 19.4. The number of fused-ring (bicyclic) bond motifs is 10. The second-order valence-corrected chi connectivity index (χ2v) is 17.6. The van der Waals surface area contributed by atoms with E-state index in [9.17, 15) is 19.8 Å². The molecule has 0 heterocycles. The zero-order valence-corrected chi connectivity index (χ0v) is 26.6. The predicted octanol–water partition coefficient (Wildman–Crippen LogP) is 7.51. The largest absolute Gasteiger partial charge is 0.386 e. The van der Waals surface area contributed by atoms with Gasteiger partial charge >= 0.3 is 0 Å². The Morgan fingerprint density at radius 1 is 0.524 bits per heavy atom. The summed E-state index contributed by atoms with van der Waals surface area (Å²) in [5.74, 6) is 3.86. The number of rotatable bonds is 1. The van der Waals surface area contributed by atoms with Crippen LogP contribution in [0.2, 0.25) is 0 Å².